The molecule has 22 heavy (non-hydrogen) atoms. The van der Waals surface area contributed by atoms with E-state index in [4.69, 9.17) is 15.0 Å². The molecule has 0 aliphatic heterocycles. The summed E-state index contributed by atoms with van der Waals surface area (Å²) in [5.74, 6) is 1.77. The van der Waals surface area contributed by atoms with Crippen LogP contribution in [0.25, 0.3) is 11.5 Å². The van der Waals surface area contributed by atoms with E-state index in [1.807, 2.05) is 32.0 Å². The lowest BCUT2D eigenvalue weighted by Crippen LogP contribution is -2.34. The Kier molecular flexibility index (Phi) is 4.23. The fourth-order valence-electron chi connectivity index (χ4n) is 2.79. The van der Waals surface area contributed by atoms with Crippen LogP contribution in [0.15, 0.2) is 27.2 Å². The van der Waals surface area contributed by atoms with Crippen molar-refractivity contribution in [2.45, 2.75) is 51.2 Å². The first-order valence-corrected chi connectivity index (χ1v) is 8.37. The summed E-state index contributed by atoms with van der Waals surface area (Å²) in [7, 11) is 0. The highest BCUT2D eigenvalue weighted by Gasteiger charge is 2.36. The molecular weight excluding hydrogens is 346 g/mol. The normalized spacial score (nSPS) is 17.1. The minimum Gasteiger partial charge on any atom is -0.490 e. The van der Waals surface area contributed by atoms with Crippen LogP contribution >= 0.6 is 15.9 Å². The molecule has 0 atom stereocenters. The zero-order valence-corrected chi connectivity index (χ0v) is 14.4. The topological polar surface area (TPSA) is 74.2 Å². The first-order chi connectivity index (χ1) is 10.5. The highest BCUT2D eigenvalue weighted by Crippen LogP contribution is 2.37. The lowest BCUT2D eigenvalue weighted by molar-refractivity contribution is 0.242. The number of nitrogens with two attached hydrogens (primary N) is 1. The predicted octanol–water partition coefficient (Wildman–Crippen LogP) is 4.01. The van der Waals surface area contributed by atoms with Crippen molar-refractivity contribution in [3.63, 3.8) is 0 Å². The van der Waals surface area contributed by atoms with E-state index in [9.17, 15) is 0 Å². The number of rotatable bonds is 4. The Hall–Kier alpha value is -1.40. The van der Waals surface area contributed by atoms with Crippen molar-refractivity contribution in [3.05, 3.63) is 28.5 Å². The summed E-state index contributed by atoms with van der Waals surface area (Å²) in [5, 5.41) is 4.11. The molecule has 2 N–H and O–H groups in total. The van der Waals surface area contributed by atoms with E-state index >= 15 is 0 Å². The van der Waals surface area contributed by atoms with E-state index < -0.39 is 5.54 Å². The molecule has 1 fully saturated rings. The number of nitrogens with zero attached hydrogens (tertiary/aromatic N) is 2. The Labute approximate surface area is 138 Å². The van der Waals surface area contributed by atoms with E-state index in [0.29, 0.717) is 11.7 Å². The zero-order valence-electron chi connectivity index (χ0n) is 12.8. The SMILES string of the molecule is CC(C)Oc1cc(Br)ccc1-c1nc(C2(N)CCCC2)no1. The van der Waals surface area contributed by atoms with Crippen LogP contribution in [0.4, 0.5) is 0 Å². The van der Waals surface area contributed by atoms with Gasteiger partial charge < -0.3 is 15.0 Å². The molecule has 1 aliphatic carbocycles. The van der Waals surface area contributed by atoms with Gasteiger partial charge in [-0.15, -0.1) is 0 Å². The number of halogens is 1. The van der Waals surface area contributed by atoms with E-state index in [0.717, 1.165) is 41.5 Å². The maximum Gasteiger partial charge on any atom is 0.261 e. The molecular formula is C16H20BrN3O2. The van der Waals surface area contributed by atoms with Gasteiger partial charge in [-0.05, 0) is 44.9 Å². The van der Waals surface area contributed by atoms with Gasteiger partial charge in [-0.3, -0.25) is 0 Å². The van der Waals surface area contributed by atoms with Crippen LogP contribution < -0.4 is 10.5 Å². The second-order valence-corrected chi connectivity index (χ2v) is 7.01. The van der Waals surface area contributed by atoms with Crippen molar-refractivity contribution in [3.8, 4) is 17.2 Å². The highest BCUT2D eigenvalue weighted by atomic mass is 79.9. The summed E-state index contributed by atoms with van der Waals surface area (Å²) < 4.78 is 12.2. The van der Waals surface area contributed by atoms with Crippen LogP contribution in [0.5, 0.6) is 5.75 Å². The molecule has 1 aliphatic rings. The van der Waals surface area contributed by atoms with Gasteiger partial charge in [0.25, 0.3) is 5.89 Å². The Morgan fingerprint density at radius 3 is 2.73 bits per heavy atom. The van der Waals surface area contributed by atoms with Gasteiger partial charge in [0.05, 0.1) is 17.2 Å². The summed E-state index contributed by atoms with van der Waals surface area (Å²) in [6, 6.07) is 5.75. The minimum absolute atomic E-state index is 0.0612. The summed E-state index contributed by atoms with van der Waals surface area (Å²) in [6.07, 6.45) is 4.09. The van der Waals surface area contributed by atoms with Crippen LogP contribution in [0, 0.1) is 0 Å². The lowest BCUT2D eigenvalue weighted by Gasteiger charge is -2.17. The number of hydrogen-bond donors (Lipinski definition) is 1. The number of aromatic nitrogens is 2. The number of benzene rings is 1. The average Bonchev–Trinajstić information content (AvgIpc) is 3.08. The molecule has 3 rings (SSSR count). The van der Waals surface area contributed by atoms with Gasteiger partial charge >= 0.3 is 0 Å². The van der Waals surface area contributed by atoms with Crippen LogP contribution in [0.3, 0.4) is 0 Å². The predicted molar refractivity (Wildman–Crippen MR) is 87.5 cm³/mol. The minimum atomic E-state index is -0.448. The fraction of sp³-hybridized carbons (Fsp3) is 0.500. The monoisotopic (exact) mass is 365 g/mol. The van der Waals surface area contributed by atoms with Gasteiger partial charge in [0.15, 0.2) is 5.82 Å². The lowest BCUT2D eigenvalue weighted by atomic mass is 9.99. The zero-order chi connectivity index (χ0) is 15.7. The molecule has 1 aromatic heterocycles. The van der Waals surface area contributed by atoms with Crippen LogP contribution in [0.2, 0.25) is 0 Å². The Balaban J connectivity index is 1.96. The maximum absolute atomic E-state index is 6.39. The van der Waals surface area contributed by atoms with Crippen molar-refractivity contribution in [1.82, 2.24) is 10.1 Å². The van der Waals surface area contributed by atoms with Gasteiger partial charge in [-0.1, -0.05) is 33.9 Å². The third kappa shape index (κ3) is 3.03. The first kappa shape index (κ1) is 15.5. The van der Waals surface area contributed by atoms with Gasteiger partial charge in [0.1, 0.15) is 5.75 Å². The molecule has 0 bridgehead atoms. The highest BCUT2D eigenvalue weighted by molar-refractivity contribution is 9.10. The third-order valence-electron chi connectivity index (χ3n) is 3.90. The molecule has 0 spiro atoms. The van der Waals surface area contributed by atoms with Gasteiger partial charge in [-0.2, -0.15) is 4.98 Å². The van der Waals surface area contributed by atoms with Crippen molar-refractivity contribution < 1.29 is 9.26 Å². The summed E-state index contributed by atoms with van der Waals surface area (Å²) in [5.41, 5.74) is 6.73. The smallest absolute Gasteiger partial charge is 0.261 e. The van der Waals surface area contributed by atoms with E-state index in [1.54, 1.807) is 0 Å². The Morgan fingerprint density at radius 2 is 2.05 bits per heavy atom. The molecule has 1 heterocycles. The molecule has 2 aromatic rings. The van der Waals surface area contributed by atoms with Crippen LogP contribution in [-0.4, -0.2) is 16.2 Å². The number of hydrogen-bond acceptors (Lipinski definition) is 5. The van der Waals surface area contributed by atoms with Gasteiger partial charge in [-0.25, -0.2) is 0 Å². The average molecular weight is 366 g/mol. The molecule has 0 radical (unpaired) electrons. The Bertz CT molecular complexity index is 663. The van der Waals surface area contributed by atoms with E-state index in [1.165, 1.54) is 0 Å². The molecule has 0 unspecified atom stereocenters. The second kappa shape index (κ2) is 6.01. The third-order valence-corrected chi connectivity index (χ3v) is 4.40. The van der Waals surface area contributed by atoms with Crippen molar-refractivity contribution in [2.75, 3.05) is 0 Å². The standard InChI is InChI=1S/C16H20BrN3O2/c1-10(2)21-13-9-11(17)5-6-12(13)14-19-15(20-22-14)16(18)7-3-4-8-16/h5-6,9-10H,3-4,7-8,18H2,1-2H3. The molecule has 1 aromatic carbocycles. The van der Waals surface area contributed by atoms with Gasteiger partial charge in [0, 0.05) is 4.47 Å². The quantitative estimate of drug-likeness (QED) is 0.885. The van der Waals surface area contributed by atoms with Crippen molar-refractivity contribution in [2.24, 2.45) is 5.73 Å². The maximum atomic E-state index is 6.39. The van der Waals surface area contributed by atoms with Gasteiger partial charge in [0.2, 0.25) is 0 Å². The molecule has 0 amide bonds. The molecule has 6 heteroatoms. The summed E-state index contributed by atoms with van der Waals surface area (Å²) >= 11 is 3.46. The fourth-order valence-corrected chi connectivity index (χ4v) is 3.13. The summed E-state index contributed by atoms with van der Waals surface area (Å²) in [6.45, 7) is 3.97. The van der Waals surface area contributed by atoms with Crippen molar-refractivity contribution >= 4 is 15.9 Å². The number of ether oxygens (including phenoxy) is 1. The Morgan fingerprint density at radius 1 is 1.32 bits per heavy atom. The second-order valence-electron chi connectivity index (χ2n) is 6.09. The summed E-state index contributed by atoms with van der Waals surface area (Å²) in [4.78, 5) is 4.53. The first-order valence-electron chi connectivity index (χ1n) is 7.57. The molecule has 118 valence electrons. The largest absolute Gasteiger partial charge is 0.490 e. The molecule has 0 saturated heterocycles. The molecule has 1 saturated carbocycles. The molecule has 5 nitrogen and oxygen atoms in total. The van der Waals surface area contributed by atoms with E-state index in [2.05, 4.69) is 26.1 Å². The van der Waals surface area contributed by atoms with Crippen LogP contribution in [-0.2, 0) is 5.54 Å². The van der Waals surface area contributed by atoms with E-state index in [-0.39, 0.29) is 6.10 Å². The van der Waals surface area contributed by atoms with Crippen molar-refractivity contribution in [1.29, 1.82) is 0 Å². The van der Waals surface area contributed by atoms with Crippen LogP contribution in [0.1, 0.15) is 45.4 Å².